The first-order valence-electron chi connectivity index (χ1n) is 5.96. The van der Waals surface area contributed by atoms with Gasteiger partial charge in [-0.25, -0.2) is 4.39 Å². The van der Waals surface area contributed by atoms with Crippen molar-refractivity contribution in [1.29, 1.82) is 0 Å². The summed E-state index contributed by atoms with van der Waals surface area (Å²) in [7, 11) is 3.43. The van der Waals surface area contributed by atoms with Gasteiger partial charge in [-0.05, 0) is 44.3 Å². The highest BCUT2D eigenvalue weighted by Gasteiger charge is 2.17. The van der Waals surface area contributed by atoms with Crippen LogP contribution in [0, 0.1) is 5.82 Å². The molecular weight excluding hydrogens is 315 g/mol. The van der Waals surface area contributed by atoms with Crippen molar-refractivity contribution < 1.29 is 14.3 Å². The van der Waals surface area contributed by atoms with Gasteiger partial charge in [0.25, 0.3) is 0 Å². The van der Waals surface area contributed by atoms with Crippen molar-refractivity contribution in [3.8, 4) is 0 Å². The Hall–Kier alpha value is -0.980. The lowest BCUT2D eigenvalue weighted by molar-refractivity contribution is -0.139. The molecule has 0 saturated heterocycles. The molecule has 4 nitrogen and oxygen atoms in total. The van der Waals surface area contributed by atoms with E-state index in [2.05, 4.69) is 21.2 Å². The second-order valence-corrected chi connectivity index (χ2v) is 5.34. The number of nitrogens with zero attached hydrogens (tertiary/aromatic N) is 1. The van der Waals surface area contributed by atoms with Gasteiger partial charge in [-0.3, -0.25) is 4.79 Å². The molecule has 0 bridgehead atoms. The predicted octanol–water partition coefficient (Wildman–Crippen LogP) is 1.74. The second kappa shape index (κ2) is 7.57. The van der Waals surface area contributed by atoms with E-state index in [0.29, 0.717) is 25.1 Å². The summed E-state index contributed by atoms with van der Waals surface area (Å²) in [5.41, 5.74) is 0.623. The van der Waals surface area contributed by atoms with Crippen LogP contribution in [-0.4, -0.2) is 49.2 Å². The number of carbonyl (C=O) groups is 1. The van der Waals surface area contributed by atoms with Crippen LogP contribution in [0.15, 0.2) is 22.7 Å². The second-order valence-electron chi connectivity index (χ2n) is 4.43. The SMILES string of the molecule is CNC(CN(C)CCc1cc(Br)ccc1F)C(=O)O. The Morgan fingerprint density at radius 1 is 1.58 bits per heavy atom. The largest absolute Gasteiger partial charge is 0.480 e. The van der Waals surface area contributed by atoms with Crippen molar-refractivity contribution in [3.05, 3.63) is 34.1 Å². The molecule has 0 radical (unpaired) electrons. The van der Waals surface area contributed by atoms with Crippen LogP contribution in [0.25, 0.3) is 0 Å². The maximum absolute atomic E-state index is 13.5. The van der Waals surface area contributed by atoms with E-state index in [1.807, 2.05) is 11.9 Å². The summed E-state index contributed by atoms with van der Waals surface area (Å²) in [4.78, 5) is 12.8. The third kappa shape index (κ3) is 5.26. The Morgan fingerprint density at radius 2 is 2.26 bits per heavy atom. The Labute approximate surface area is 120 Å². The summed E-state index contributed by atoms with van der Waals surface area (Å²) in [6.45, 7) is 0.973. The fourth-order valence-electron chi connectivity index (χ4n) is 1.74. The average Bonchev–Trinajstić information content (AvgIpc) is 2.36. The Balaban J connectivity index is 2.52. The van der Waals surface area contributed by atoms with Gasteiger partial charge in [0, 0.05) is 17.6 Å². The van der Waals surface area contributed by atoms with Crippen LogP contribution >= 0.6 is 15.9 Å². The quantitative estimate of drug-likeness (QED) is 0.798. The van der Waals surface area contributed by atoms with E-state index in [4.69, 9.17) is 5.11 Å². The fraction of sp³-hybridized carbons (Fsp3) is 0.462. The van der Waals surface area contributed by atoms with Gasteiger partial charge < -0.3 is 15.3 Å². The van der Waals surface area contributed by atoms with Gasteiger partial charge in [-0.15, -0.1) is 0 Å². The van der Waals surface area contributed by atoms with E-state index in [1.54, 1.807) is 19.2 Å². The van der Waals surface area contributed by atoms with Crippen molar-refractivity contribution in [2.45, 2.75) is 12.5 Å². The molecule has 0 fully saturated rings. The van der Waals surface area contributed by atoms with Crippen LogP contribution in [0.3, 0.4) is 0 Å². The number of nitrogens with one attached hydrogen (secondary N) is 1. The van der Waals surface area contributed by atoms with Gasteiger partial charge in [-0.1, -0.05) is 15.9 Å². The molecule has 0 heterocycles. The lowest BCUT2D eigenvalue weighted by atomic mass is 10.1. The third-order valence-electron chi connectivity index (χ3n) is 2.91. The average molecular weight is 333 g/mol. The van der Waals surface area contributed by atoms with Gasteiger partial charge in [0.15, 0.2) is 0 Å². The molecule has 0 aliphatic carbocycles. The molecule has 6 heteroatoms. The predicted molar refractivity (Wildman–Crippen MR) is 75.8 cm³/mol. The van der Waals surface area contributed by atoms with Crippen LogP contribution < -0.4 is 5.32 Å². The molecular formula is C13H18BrFN2O2. The summed E-state index contributed by atoms with van der Waals surface area (Å²) in [5, 5.41) is 11.7. The highest BCUT2D eigenvalue weighted by atomic mass is 79.9. The number of carboxylic acids is 1. The first-order chi connectivity index (χ1) is 8.93. The van der Waals surface area contributed by atoms with Crippen molar-refractivity contribution in [1.82, 2.24) is 10.2 Å². The van der Waals surface area contributed by atoms with E-state index >= 15 is 0 Å². The number of hydrogen-bond acceptors (Lipinski definition) is 3. The Kier molecular flexibility index (Phi) is 6.41. The monoisotopic (exact) mass is 332 g/mol. The van der Waals surface area contributed by atoms with Crippen molar-refractivity contribution in [3.63, 3.8) is 0 Å². The topological polar surface area (TPSA) is 52.6 Å². The number of benzene rings is 1. The minimum absolute atomic E-state index is 0.236. The number of aliphatic carboxylic acids is 1. The molecule has 0 saturated carbocycles. The molecule has 0 spiro atoms. The van der Waals surface area contributed by atoms with Crippen molar-refractivity contribution >= 4 is 21.9 Å². The fourth-order valence-corrected chi connectivity index (χ4v) is 2.15. The zero-order valence-electron chi connectivity index (χ0n) is 11.0. The summed E-state index contributed by atoms with van der Waals surface area (Å²) in [6.07, 6.45) is 0.540. The first kappa shape index (κ1) is 16.1. The molecule has 0 amide bonds. The van der Waals surface area contributed by atoms with E-state index in [9.17, 15) is 9.18 Å². The van der Waals surface area contributed by atoms with Gasteiger partial charge in [-0.2, -0.15) is 0 Å². The minimum Gasteiger partial charge on any atom is -0.480 e. The Bertz CT molecular complexity index is 443. The minimum atomic E-state index is -0.886. The maximum atomic E-state index is 13.5. The summed E-state index contributed by atoms with van der Waals surface area (Å²) in [5.74, 6) is -1.12. The van der Waals surface area contributed by atoms with Crippen LogP contribution in [0.5, 0.6) is 0 Å². The Morgan fingerprint density at radius 3 is 2.84 bits per heavy atom. The number of rotatable bonds is 7. The number of likely N-dealkylation sites (N-methyl/N-ethyl adjacent to an activating group) is 2. The van der Waals surface area contributed by atoms with Gasteiger partial charge in [0.2, 0.25) is 0 Å². The van der Waals surface area contributed by atoms with E-state index in [1.165, 1.54) is 6.07 Å². The normalized spacial score (nSPS) is 12.7. The van der Waals surface area contributed by atoms with Gasteiger partial charge in [0.05, 0.1) is 0 Å². The first-order valence-corrected chi connectivity index (χ1v) is 6.76. The summed E-state index contributed by atoms with van der Waals surface area (Å²) in [6, 6.07) is 4.21. The zero-order chi connectivity index (χ0) is 14.4. The lowest BCUT2D eigenvalue weighted by Crippen LogP contribution is -2.43. The summed E-state index contributed by atoms with van der Waals surface area (Å²) < 4.78 is 14.4. The number of hydrogen-bond donors (Lipinski definition) is 2. The van der Waals surface area contributed by atoms with Crippen molar-refractivity contribution in [2.24, 2.45) is 0 Å². The molecule has 1 unspecified atom stereocenters. The van der Waals surface area contributed by atoms with Crippen molar-refractivity contribution in [2.75, 3.05) is 27.2 Å². The van der Waals surface area contributed by atoms with Crippen LogP contribution in [0.1, 0.15) is 5.56 Å². The smallest absolute Gasteiger partial charge is 0.322 e. The third-order valence-corrected chi connectivity index (χ3v) is 3.40. The van der Waals surface area contributed by atoms with Gasteiger partial charge >= 0.3 is 5.97 Å². The molecule has 1 atom stereocenters. The molecule has 1 aromatic carbocycles. The molecule has 0 aliphatic heterocycles. The summed E-state index contributed by atoms with van der Waals surface area (Å²) >= 11 is 3.31. The molecule has 2 N–H and O–H groups in total. The standard InChI is InChI=1S/C13H18BrFN2O2/c1-16-12(13(18)19)8-17(2)6-5-9-7-10(14)3-4-11(9)15/h3-4,7,12,16H,5-6,8H2,1-2H3,(H,18,19). The number of halogens is 2. The molecule has 19 heavy (non-hydrogen) atoms. The molecule has 1 rings (SSSR count). The maximum Gasteiger partial charge on any atom is 0.322 e. The lowest BCUT2D eigenvalue weighted by Gasteiger charge is -2.21. The van der Waals surface area contributed by atoms with E-state index in [-0.39, 0.29) is 5.82 Å². The van der Waals surface area contributed by atoms with Gasteiger partial charge in [0.1, 0.15) is 11.9 Å². The molecule has 0 aliphatic rings. The highest BCUT2D eigenvalue weighted by Crippen LogP contribution is 2.16. The molecule has 0 aromatic heterocycles. The van der Waals surface area contributed by atoms with Crippen LogP contribution in [0.2, 0.25) is 0 Å². The zero-order valence-corrected chi connectivity index (χ0v) is 12.6. The molecule has 106 valence electrons. The van der Waals surface area contributed by atoms with E-state index in [0.717, 1.165) is 4.47 Å². The van der Waals surface area contributed by atoms with Crippen LogP contribution in [-0.2, 0) is 11.2 Å². The molecule has 1 aromatic rings. The van der Waals surface area contributed by atoms with E-state index < -0.39 is 12.0 Å². The number of carboxylic acid groups (broad SMARTS) is 1. The van der Waals surface area contributed by atoms with Crippen LogP contribution in [0.4, 0.5) is 4.39 Å². The highest BCUT2D eigenvalue weighted by molar-refractivity contribution is 9.10.